The second-order valence-corrected chi connectivity index (χ2v) is 7.12. The Morgan fingerprint density at radius 2 is 1.90 bits per heavy atom. The Hall–Kier alpha value is -3.36. The third kappa shape index (κ3) is 4.39. The molecule has 2 heterocycles. The molecule has 0 bridgehead atoms. The molecule has 2 aromatic rings. The van der Waals surface area contributed by atoms with E-state index in [0.717, 1.165) is 17.8 Å². The van der Waals surface area contributed by atoms with Gasteiger partial charge in [-0.3, -0.25) is 14.3 Å². The Balaban J connectivity index is 1.68. The number of aryl methyl sites for hydroxylation is 2. The number of urea groups is 1. The minimum atomic E-state index is -0.297. The van der Waals surface area contributed by atoms with Crippen LogP contribution in [-0.4, -0.2) is 64.1 Å². The summed E-state index contributed by atoms with van der Waals surface area (Å²) in [6.07, 6.45) is 1.62. The molecule has 1 aliphatic heterocycles. The van der Waals surface area contributed by atoms with E-state index in [1.807, 2.05) is 20.8 Å². The number of rotatable bonds is 6. The molecular formula is C20H26N6O3. The number of aromatic nitrogens is 2. The van der Waals surface area contributed by atoms with Gasteiger partial charge >= 0.3 is 6.03 Å². The molecule has 29 heavy (non-hydrogen) atoms. The van der Waals surface area contributed by atoms with E-state index >= 15 is 0 Å². The average Bonchev–Trinajstić information content (AvgIpc) is 3.20. The summed E-state index contributed by atoms with van der Waals surface area (Å²) in [7, 11) is 1.71. The highest BCUT2D eigenvalue weighted by Crippen LogP contribution is 2.20. The number of carbonyl (C=O) groups is 3. The van der Waals surface area contributed by atoms with Gasteiger partial charge in [-0.25, -0.2) is 4.79 Å². The molecule has 0 aliphatic carbocycles. The van der Waals surface area contributed by atoms with Crippen molar-refractivity contribution in [2.24, 2.45) is 0 Å². The van der Waals surface area contributed by atoms with Gasteiger partial charge in [-0.15, -0.1) is 0 Å². The predicted molar refractivity (Wildman–Crippen MR) is 110 cm³/mol. The number of likely N-dealkylation sites (N-methyl/N-ethyl adjacent to an activating group) is 1. The van der Waals surface area contributed by atoms with E-state index in [4.69, 9.17) is 0 Å². The topological polar surface area (TPSA) is 99.6 Å². The summed E-state index contributed by atoms with van der Waals surface area (Å²) in [5.41, 5.74) is 3.33. The number of hydrogen-bond acceptors (Lipinski definition) is 4. The van der Waals surface area contributed by atoms with Gasteiger partial charge in [-0.1, -0.05) is 6.07 Å². The summed E-state index contributed by atoms with van der Waals surface area (Å²) in [5.74, 6) is -0.579. The van der Waals surface area contributed by atoms with Gasteiger partial charge in [-0.2, -0.15) is 5.10 Å². The van der Waals surface area contributed by atoms with Crippen LogP contribution in [0.1, 0.15) is 28.5 Å². The van der Waals surface area contributed by atoms with E-state index in [1.165, 1.54) is 4.90 Å². The Morgan fingerprint density at radius 1 is 1.14 bits per heavy atom. The molecule has 0 atom stereocenters. The SMILES string of the molecule is CCn1ncc(NC(=O)c2ccc(C)c(NC(=O)CN3CCN(C)C3=O)c2)c1C. The first-order valence-corrected chi connectivity index (χ1v) is 9.54. The lowest BCUT2D eigenvalue weighted by Crippen LogP contribution is -2.36. The molecule has 0 unspecified atom stereocenters. The molecular weight excluding hydrogens is 372 g/mol. The van der Waals surface area contributed by atoms with E-state index in [1.54, 1.807) is 41.0 Å². The van der Waals surface area contributed by atoms with Crippen molar-refractivity contribution in [1.29, 1.82) is 0 Å². The minimum absolute atomic E-state index is 0.0194. The largest absolute Gasteiger partial charge is 0.326 e. The van der Waals surface area contributed by atoms with Crippen LogP contribution in [0.25, 0.3) is 0 Å². The maximum atomic E-state index is 12.7. The number of hydrogen-bond donors (Lipinski definition) is 2. The zero-order valence-electron chi connectivity index (χ0n) is 17.2. The number of nitrogens with zero attached hydrogens (tertiary/aromatic N) is 4. The van der Waals surface area contributed by atoms with Crippen LogP contribution < -0.4 is 10.6 Å². The summed E-state index contributed by atoms with van der Waals surface area (Å²) < 4.78 is 1.80. The Labute approximate surface area is 169 Å². The van der Waals surface area contributed by atoms with Gasteiger partial charge in [0.2, 0.25) is 5.91 Å². The van der Waals surface area contributed by atoms with Gasteiger partial charge < -0.3 is 20.4 Å². The third-order valence-electron chi connectivity index (χ3n) is 5.06. The fraction of sp³-hybridized carbons (Fsp3) is 0.400. The molecule has 0 spiro atoms. The molecule has 4 amide bonds. The highest BCUT2D eigenvalue weighted by Gasteiger charge is 2.27. The molecule has 3 rings (SSSR count). The molecule has 2 N–H and O–H groups in total. The molecule has 1 saturated heterocycles. The first kappa shape index (κ1) is 20.4. The number of benzene rings is 1. The molecule has 0 radical (unpaired) electrons. The summed E-state index contributed by atoms with van der Waals surface area (Å²) in [6, 6.07) is 4.97. The first-order chi connectivity index (χ1) is 13.8. The van der Waals surface area contributed by atoms with Crippen molar-refractivity contribution in [3.05, 3.63) is 41.2 Å². The second kappa shape index (κ2) is 8.34. The van der Waals surface area contributed by atoms with Crippen molar-refractivity contribution in [1.82, 2.24) is 19.6 Å². The van der Waals surface area contributed by atoms with Crippen LogP contribution in [0.3, 0.4) is 0 Å². The van der Waals surface area contributed by atoms with Gasteiger partial charge in [0.15, 0.2) is 0 Å². The van der Waals surface area contributed by atoms with Gasteiger partial charge in [-0.05, 0) is 38.5 Å². The fourth-order valence-electron chi connectivity index (χ4n) is 3.19. The van der Waals surface area contributed by atoms with Crippen LogP contribution in [0.15, 0.2) is 24.4 Å². The number of nitrogens with one attached hydrogen (secondary N) is 2. The lowest BCUT2D eigenvalue weighted by Gasteiger charge is -2.16. The van der Waals surface area contributed by atoms with Crippen LogP contribution in [0.2, 0.25) is 0 Å². The van der Waals surface area contributed by atoms with E-state index in [9.17, 15) is 14.4 Å². The summed E-state index contributed by atoms with van der Waals surface area (Å²) in [4.78, 5) is 40.1. The van der Waals surface area contributed by atoms with Crippen LogP contribution in [-0.2, 0) is 11.3 Å². The van der Waals surface area contributed by atoms with Crippen molar-refractivity contribution >= 4 is 29.2 Å². The standard InChI is InChI=1S/C20H26N6O3/c1-5-26-14(3)17(11-21-26)23-19(28)15-7-6-13(2)16(10-15)22-18(27)12-25-9-8-24(4)20(25)29/h6-7,10-11H,5,8-9,12H2,1-4H3,(H,22,27)(H,23,28). The fourth-order valence-corrected chi connectivity index (χ4v) is 3.19. The highest BCUT2D eigenvalue weighted by atomic mass is 16.2. The lowest BCUT2D eigenvalue weighted by atomic mass is 10.1. The third-order valence-corrected chi connectivity index (χ3v) is 5.06. The van der Waals surface area contributed by atoms with E-state index in [2.05, 4.69) is 15.7 Å². The van der Waals surface area contributed by atoms with Crippen molar-refractivity contribution in [3.63, 3.8) is 0 Å². The van der Waals surface area contributed by atoms with Crippen LogP contribution in [0.4, 0.5) is 16.2 Å². The average molecular weight is 398 g/mol. The van der Waals surface area contributed by atoms with E-state index in [-0.39, 0.29) is 24.4 Å². The number of carbonyl (C=O) groups excluding carboxylic acids is 3. The maximum absolute atomic E-state index is 12.7. The predicted octanol–water partition coefficient (Wildman–Crippen LogP) is 2.08. The summed E-state index contributed by atoms with van der Waals surface area (Å²) in [6.45, 7) is 7.55. The van der Waals surface area contributed by atoms with Crippen molar-refractivity contribution < 1.29 is 14.4 Å². The lowest BCUT2D eigenvalue weighted by molar-refractivity contribution is -0.116. The second-order valence-electron chi connectivity index (χ2n) is 7.12. The Kier molecular flexibility index (Phi) is 5.86. The zero-order chi connectivity index (χ0) is 21.1. The number of amides is 4. The van der Waals surface area contributed by atoms with Gasteiger partial charge in [0.25, 0.3) is 5.91 Å². The van der Waals surface area contributed by atoms with Crippen LogP contribution in [0.5, 0.6) is 0 Å². The van der Waals surface area contributed by atoms with Gasteiger partial charge in [0.1, 0.15) is 6.54 Å². The molecule has 1 aromatic heterocycles. The molecule has 1 fully saturated rings. The number of anilines is 2. The molecule has 154 valence electrons. The summed E-state index contributed by atoms with van der Waals surface area (Å²) >= 11 is 0. The molecule has 0 saturated carbocycles. The van der Waals surface area contributed by atoms with Crippen LogP contribution >= 0.6 is 0 Å². The summed E-state index contributed by atoms with van der Waals surface area (Å²) in [5, 5.41) is 9.89. The van der Waals surface area contributed by atoms with Gasteiger partial charge in [0.05, 0.1) is 17.6 Å². The minimum Gasteiger partial charge on any atom is -0.326 e. The van der Waals surface area contributed by atoms with Crippen molar-refractivity contribution in [2.75, 3.05) is 37.3 Å². The quantitative estimate of drug-likeness (QED) is 0.778. The molecule has 9 heteroatoms. The maximum Gasteiger partial charge on any atom is 0.320 e. The monoisotopic (exact) mass is 398 g/mol. The first-order valence-electron chi connectivity index (χ1n) is 9.54. The van der Waals surface area contributed by atoms with Gasteiger partial charge in [0, 0.05) is 37.9 Å². The molecule has 1 aliphatic rings. The smallest absolute Gasteiger partial charge is 0.320 e. The molecule has 1 aromatic carbocycles. The van der Waals surface area contributed by atoms with E-state index in [0.29, 0.717) is 30.0 Å². The molecule has 9 nitrogen and oxygen atoms in total. The van der Waals surface area contributed by atoms with E-state index < -0.39 is 0 Å². The van der Waals surface area contributed by atoms with Crippen molar-refractivity contribution in [2.45, 2.75) is 27.3 Å². The highest BCUT2D eigenvalue weighted by molar-refractivity contribution is 6.06. The Morgan fingerprint density at radius 3 is 2.52 bits per heavy atom. The Bertz CT molecular complexity index is 952. The zero-order valence-corrected chi connectivity index (χ0v) is 17.2. The van der Waals surface area contributed by atoms with Crippen molar-refractivity contribution in [3.8, 4) is 0 Å². The normalized spacial score (nSPS) is 13.7. The van der Waals surface area contributed by atoms with Crippen LogP contribution in [0, 0.1) is 13.8 Å².